The van der Waals surface area contributed by atoms with Crippen LogP contribution in [-0.4, -0.2) is 35.5 Å². The molecule has 0 saturated heterocycles. The summed E-state index contributed by atoms with van der Waals surface area (Å²) < 4.78 is 0. The second-order valence-electron chi connectivity index (χ2n) is 4.32. The minimum absolute atomic E-state index is 0.239. The third kappa shape index (κ3) is 6.88. The van der Waals surface area contributed by atoms with Crippen molar-refractivity contribution in [3.8, 4) is 0 Å². The van der Waals surface area contributed by atoms with Crippen LogP contribution in [0.2, 0.25) is 0 Å². The van der Waals surface area contributed by atoms with E-state index < -0.39 is 0 Å². The second-order valence-corrected chi connectivity index (χ2v) is 4.32. The van der Waals surface area contributed by atoms with E-state index in [0.29, 0.717) is 18.5 Å². The average molecular weight is 217 g/mol. The molecule has 0 saturated carbocycles. The summed E-state index contributed by atoms with van der Waals surface area (Å²) in [5, 5.41) is 21.9. The van der Waals surface area contributed by atoms with Gasteiger partial charge in [0.2, 0.25) is 0 Å². The summed E-state index contributed by atoms with van der Waals surface area (Å²) in [4.78, 5) is 0. The second kappa shape index (κ2) is 9.13. The Bertz CT molecular complexity index is 138. The largest absolute Gasteiger partial charge is 0.396 e. The summed E-state index contributed by atoms with van der Waals surface area (Å²) in [7, 11) is 0. The van der Waals surface area contributed by atoms with E-state index in [1.807, 2.05) is 0 Å². The van der Waals surface area contributed by atoms with E-state index in [1.54, 1.807) is 0 Å². The van der Waals surface area contributed by atoms with Crippen LogP contribution in [-0.2, 0) is 0 Å². The lowest BCUT2D eigenvalue weighted by molar-refractivity contribution is 0.0982. The summed E-state index contributed by atoms with van der Waals surface area (Å²) in [5.74, 6) is 0.405. The molecule has 0 aromatic heterocycles. The SMILES string of the molecule is CCC(CC)C(O)CNC(C)CCCO. The van der Waals surface area contributed by atoms with Crippen LogP contribution in [0.25, 0.3) is 0 Å². The van der Waals surface area contributed by atoms with E-state index >= 15 is 0 Å². The predicted octanol–water partition coefficient (Wildman–Crippen LogP) is 1.53. The fourth-order valence-electron chi connectivity index (χ4n) is 1.82. The van der Waals surface area contributed by atoms with E-state index in [9.17, 15) is 5.11 Å². The molecule has 92 valence electrons. The zero-order chi connectivity index (χ0) is 11.7. The first-order chi connectivity index (χ1) is 7.15. The molecular weight excluding hydrogens is 190 g/mol. The summed E-state index contributed by atoms with van der Waals surface area (Å²) in [6, 6.07) is 0.376. The third-order valence-electron chi connectivity index (χ3n) is 3.06. The van der Waals surface area contributed by atoms with Crippen molar-refractivity contribution in [2.24, 2.45) is 5.92 Å². The molecule has 0 rings (SSSR count). The highest BCUT2D eigenvalue weighted by molar-refractivity contribution is 4.71. The Hall–Kier alpha value is -0.120. The standard InChI is InChI=1S/C12H27NO2/c1-4-11(5-2)12(15)9-13-10(3)7-6-8-14/h10-15H,4-9H2,1-3H3. The van der Waals surface area contributed by atoms with Crippen LogP contribution in [0.4, 0.5) is 0 Å². The van der Waals surface area contributed by atoms with Crippen LogP contribution in [0.1, 0.15) is 46.5 Å². The van der Waals surface area contributed by atoms with Crippen LogP contribution < -0.4 is 5.32 Å². The van der Waals surface area contributed by atoms with Gasteiger partial charge in [0, 0.05) is 19.2 Å². The first-order valence-corrected chi connectivity index (χ1v) is 6.17. The lowest BCUT2D eigenvalue weighted by Crippen LogP contribution is -2.37. The Morgan fingerprint density at radius 1 is 1.20 bits per heavy atom. The van der Waals surface area contributed by atoms with Gasteiger partial charge >= 0.3 is 0 Å². The smallest absolute Gasteiger partial charge is 0.0692 e. The van der Waals surface area contributed by atoms with Crippen molar-refractivity contribution in [1.29, 1.82) is 0 Å². The van der Waals surface area contributed by atoms with Gasteiger partial charge in [-0.3, -0.25) is 0 Å². The van der Waals surface area contributed by atoms with Gasteiger partial charge in [-0.25, -0.2) is 0 Å². The molecule has 0 bridgehead atoms. The van der Waals surface area contributed by atoms with Gasteiger partial charge in [-0.05, 0) is 25.7 Å². The Morgan fingerprint density at radius 3 is 2.27 bits per heavy atom. The van der Waals surface area contributed by atoms with Crippen molar-refractivity contribution in [2.45, 2.75) is 58.6 Å². The molecule has 3 heteroatoms. The van der Waals surface area contributed by atoms with E-state index in [0.717, 1.165) is 25.7 Å². The molecule has 0 radical (unpaired) electrons. The first-order valence-electron chi connectivity index (χ1n) is 6.17. The lowest BCUT2D eigenvalue weighted by Gasteiger charge is -2.22. The van der Waals surface area contributed by atoms with Crippen molar-refractivity contribution in [2.75, 3.05) is 13.2 Å². The van der Waals surface area contributed by atoms with Crippen molar-refractivity contribution in [1.82, 2.24) is 5.32 Å². The highest BCUT2D eigenvalue weighted by Crippen LogP contribution is 2.12. The fraction of sp³-hybridized carbons (Fsp3) is 1.00. The van der Waals surface area contributed by atoms with E-state index in [4.69, 9.17) is 5.11 Å². The van der Waals surface area contributed by atoms with Crippen molar-refractivity contribution in [3.63, 3.8) is 0 Å². The molecule has 3 N–H and O–H groups in total. The Labute approximate surface area is 93.9 Å². The van der Waals surface area contributed by atoms with Crippen molar-refractivity contribution in [3.05, 3.63) is 0 Å². The maximum atomic E-state index is 9.87. The molecule has 0 heterocycles. The van der Waals surface area contributed by atoms with Crippen LogP contribution in [0, 0.1) is 5.92 Å². The molecular formula is C12H27NO2. The van der Waals surface area contributed by atoms with Gasteiger partial charge in [-0.1, -0.05) is 26.7 Å². The molecule has 0 aliphatic carbocycles. The molecule has 0 aromatic carbocycles. The maximum absolute atomic E-state index is 9.87. The van der Waals surface area contributed by atoms with Crippen molar-refractivity contribution < 1.29 is 10.2 Å². The highest BCUT2D eigenvalue weighted by atomic mass is 16.3. The first kappa shape index (κ1) is 14.9. The van der Waals surface area contributed by atoms with Gasteiger partial charge in [0.15, 0.2) is 0 Å². The maximum Gasteiger partial charge on any atom is 0.0692 e. The molecule has 0 amide bonds. The third-order valence-corrected chi connectivity index (χ3v) is 3.06. The molecule has 3 nitrogen and oxygen atoms in total. The van der Waals surface area contributed by atoms with E-state index in [1.165, 1.54) is 0 Å². The summed E-state index contributed by atoms with van der Waals surface area (Å²) in [5.41, 5.74) is 0. The number of rotatable bonds is 9. The number of nitrogens with one attached hydrogen (secondary N) is 1. The number of aliphatic hydroxyl groups is 2. The molecule has 0 fully saturated rings. The predicted molar refractivity (Wildman–Crippen MR) is 63.9 cm³/mol. The zero-order valence-corrected chi connectivity index (χ0v) is 10.4. The lowest BCUT2D eigenvalue weighted by atomic mass is 9.96. The zero-order valence-electron chi connectivity index (χ0n) is 10.4. The number of hydrogen-bond acceptors (Lipinski definition) is 3. The molecule has 0 aliphatic heterocycles. The molecule has 0 aliphatic rings. The quantitative estimate of drug-likeness (QED) is 0.549. The average Bonchev–Trinajstić information content (AvgIpc) is 2.25. The van der Waals surface area contributed by atoms with Crippen LogP contribution >= 0.6 is 0 Å². The van der Waals surface area contributed by atoms with E-state index in [2.05, 4.69) is 26.1 Å². The fourth-order valence-corrected chi connectivity index (χ4v) is 1.82. The van der Waals surface area contributed by atoms with Gasteiger partial charge in [0.05, 0.1) is 6.10 Å². The molecule has 2 atom stereocenters. The summed E-state index contributed by atoms with van der Waals surface area (Å²) in [6.45, 7) is 7.24. The van der Waals surface area contributed by atoms with Gasteiger partial charge in [0.25, 0.3) is 0 Å². The van der Waals surface area contributed by atoms with Gasteiger partial charge in [0.1, 0.15) is 0 Å². The Kier molecular flexibility index (Phi) is 9.06. The number of aliphatic hydroxyl groups excluding tert-OH is 2. The van der Waals surface area contributed by atoms with Crippen LogP contribution in [0.3, 0.4) is 0 Å². The Morgan fingerprint density at radius 2 is 1.80 bits per heavy atom. The van der Waals surface area contributed by atoms with Crippen LogP contribution in [0.15, 0.2) is 0 Å². The molecule has 15 heavy (non-hydrogen) atoms. The monoisotopic (exact) mass is 217 g/mol. The van der Waals surface area contributed by atoms with Crippen molar-refractivity contribution >= 4 is 0 Å². The highest BCUT2D eigenvalue weighted by Gasteiger charge is 2.15. The van der Waals surface area contributed by atoms with Gasteiger partial charge < -0.3 is 15.5 Å². The van der Waals surface area contributed by atoms with Gasteiger partial charge in [-0.2, -0.15) is 0 Å². The number of hydrogen-bond donors (Lipinski definition) is 3. The minimum Gasteiger partial charge on any atom is -0.396 e. The summed E-state index contributed by atoms with van der Waals surface area (Å²) in [6.07, 6.45) is 3.62. The topological polar surface area (TPSA) is 52.5 Å². The van der Waals surface area contributed by atoms with E-state index in [-0.39, 0.29) is 12.7 Å². The normalized spacial score (nSPS) is 15.6. The minimum atomic E-state index is -0.239. The molecule has 0 aromatic rings. The van der Waals surface area contributed by atoms with Gasteiger partial charge in [-0.15, -0.1) is 0 Å². The Balaban J connectivity index is 3.63. The molecule has 2 unspecified atom stereocenters. The van der Waals surface area contributed by atoms with Crippen LogP contribution in [0.5, 0.6) is 0 Å². The summed E-state index contributed by atoms with van der Waals surface area (Å²) >= 11 is 0. The molecule has 0 spiro atoms.